The van der Waals surface area contributed by atoms with E-state index in [1.54, 1.807) is 30.5 Å². The highest BCUT2D eigenvalue weighted by atomic mass is 16.5. The lowest BCUT2D eigenvalue weighted by Crippen LogP contribution is -2.35. The number of hydrogen-bond donors (Lipinski definition) is 2. The third-order valence-electron chi connectivity index (χ3n) is 4.81. The normalized spacial score (nSPS) is 14.5. The zero-order valence-corrected chi connectivity index (χ0v) is 18.5. The lowest BCUT2D eigenvalue weighted by atomic mass is 10.1. The molecule has 0 radical (unpaired) electrons. The largest absolute Gasteiger partial charge is 0.484 e. The molecule has 0 aromatic heterocycles. The monoisotopic (exact) mass is 438 g/mol. The Morgan fingerprint density at radius 2 is 1.78 bits per heavy atom. The Bertz CT molecular complexity index is 905. The molecule has 0 atom stereocenters. The summed E-state index contributed by atoms with van der Waals surface area (Å²) in [5, 5.41) is 6.78. The van der Waals surface area contributed by atoms with Crippen molar-refractivity contribution in [2.75, 3.05) is 32.9 Å². The zero-order chi connectivity index (χ0) is 22.8. The van der Waals surface area contributed by atoms with E-state index in [1.807, 2.05) is 38.1 Å². The summed E-state index contributed by atoms with van der Waals surface area (Å²) in [5.41, 5.74) is 5.05. The van der Waals surface area contributed by atoms with Crippen LogP contribution in [0.4, 0.5) is 0 Å². The van der Waals surface area contributed by atoms with Crippen LogP contribution in [0.3, 0.4) is 0 Å². The number of nitrogens with one attached hydrogen (secondary N) is 2. The van der Waals surface area contributed by atoms with Crippen LogP contribution in [0, 0.1) is 0 Å². The fourth-order valence-electron chi connectivity index (χ4n) is 3.17. The molecule has 1 saturated heterocycles. The van der Waals surface area contributed by atoms with E-state index in [4.69, 9.17) is 9.47 Å². The number of carbonyl (C=O) groups is 2. The van der Waals surface area contributed by atoms with Gasteiger partial charge in [-0.15, -0.1) is 0 Å². The van der Waals surface area contributed by atoms with Crippen molar-refractivity contribution >= 4 is 18.0 Å². The zero-order valence-electron chi connectivity index (χ0n) is 18.5. The maximum Gasteiger partial charge on any atom is 0.271 e. The quantitative estimate of drug-likeness (QED) is 0.463. The Kier molecular flexibility index (Phi) is 8.77. The lowest BCUT2D eigenvalue weighted by Gasteiger charge is -2.26. The van der Waals surface area contributed by atoms with Gasteiger partial charge < -0.3 is 14.8 Å². The van der Waals surface area contributed by atoms with Crippen molar-refractivity contribution in [3.05, 3.63) is 65.2 Å². The lowest BCUT2D eigenvalue weighted by molar-refractivity contribution is -0.123. The summed E-state index contributed by atoms with van der Waals surface area (Å²) in [6.07, 6.45) is 1.56. The van der Waals surface area contributed by atoms with Gasteiger partial charge in [0.05, 0.1) is 19.4 Å². The highest BCUT2D eigenvalue weighted by Gasteiger charge is 2.11. The second-order valence-corrected chi connectivity index (χ2v) is 7.86. The molecule has 170 valence electrons. The summed E-state index contributed by atoms with van der Waals surface area (Å²) in [7, 11) is 0. The Labute approximate surface area is 188 Å². The Morgan fingerprint density at radius 1 is 1.09 bits per heavy atom. The molecule has 32 heavy (non-hydrogen) atoms. The molecule has 0 spiro atoms. The van der Waals surface area contributed by atoms with Crippen LogP contribution < -0.4 is 15.5 Å². The molecule has 0 saturated carbocycles. The molecule has 2 aromatic rings. The first-order chi connectivity index (χ1) is 15.5. The van der Waals surface area contributed by atoms with Crippen molar-refractivity contribution < 1.29 is 19.1 Å². The third-order valence-corrected chi connectivity index (χ3v) is 4.81. The molecular formula is C24H30N4O4. The van der Waals surface area contributed by atoms with Gasteiger partial charge in [-0.25, -0.2) is 5.43 Å². The summed E-state index contributed by atoms with van der Waals surface area (Å²) in [6, 6.07) is 14.7. The van der Waals surface area contributed by atoms with Crippen molar-refractivity contribution in [1.82, 2.24) is 15.6 Å². The second kappa shape index (κ2) is 12.0. The predicted octanol–water partition coefficient (Wildman–Crippen LogP) is 2.19. The topological polar surface area (TPSA) is 92.3 Å². The highest BCUT2D eigenvalue weighted by Crippen LogP contribution is 2.11. The molecule has 2 N–H and O–H groups in total. The van der Waals surface area contributed by atoms with Crippen molar-refractivity contribution in [3.63, 3.8) is 0 Å². The molecule has 0 unspecified atom stereocenters. The number of benzene rings is 2. The van der Waals surface area contributed by atoms with Crippen LogP contribution in [0.25, 0.3) is 0 Å². The SMILES string of the molecule is CC(C)NC(=O)COc1ccc(C=NNC(=O)c2ccc(CN3CCOCC3)cc2)cc1. The van der Waals surface area contributed by atoms with Gasteiger partial charge in [0.2, 0.25) is 0 Å². The van der Waals surface area contributed by atoms with E-state index >= 15 is 0 Å². The molecular weight excluding hydrogens is 408 g/mol. The van der Waals surface area contributed by atoms with Crippen molar-refractivity contribution in [2.45, 2.75) is 26.4 Å². The summed E-state index contributed by atoms with van der Waals surface area (Å²) in [4.78, 5) is 26.3. The van der Waals surface area contributed by atoms with Crippen LogP contribution in [0.1, 0.15) is 35.3 Å². The molecule has 8 nitrogen and oxygen atoms in total. The standard InChI is InChI=1S/C24H30N4O4/c1-18(2)26-23(29)17-32-22-9-5-19(6-10-22)15-25-27-24(30)21-7-3-20(4-8-21)16-28-11-13-31-14-12-28/h3-10,15,18H,11-14,16-17H2,1-2H3,(H,26,29)(H,27,30). The molecule has 2 aromatic carbocycles. The van der Waals surface area contributed by atoms with Crippen molar-refractivity contribution in [3.8, 4) is 5.75 Å². The van der Waals surface area contributed by atoms with E-state index in [-0.39, 0.29) is 24.5 Å². The molecule has 1 fully saturated rings. The Balaban J connectivity index is 1.43. The first-order valence-corrected chi connectivity index (χ1v) is 10.7. The minimum absolute atomic E-state index is 0.0348. The van der Waals surface area contributed by atoms with Gasteiger partial charge in [-0.1, -0.05) is 12.1 Å². The number of hydrazone groups is 1. The summed E-state index contributed by atoms with van der Waals surface area (Å²) in [5.74, 6) is 0.153. The summed E-state index contributed by atoms with van der Waals surface area (Å²) >= 11 is 0. The van der Waals surface area contributed by atoms with Gasteiger partial charge in [-0.2, -0.15) is 5.10 Å². The molecule has 8 heteroatoms. The van der Waals surface area contributed by atoms with Gasteiger partial charge >= 0.3 is 0 Å². The molecule has 0 aliphatic carbocycles. The van der Waals surface area contributed by atoms with E-state index in [0.717, 1.165) is 44.0 Å². The summed E-state index contributed by atoms with van der Waals surface area (Å²) in [6.45, 7) is 8.00. The number of ether oxygens (including phenoxy) is 2. The molecule has 0 bridgehead atoms. The van der Waals surface area contributed by atoms with E-state index in [9.17, 15) is 9.59 Å². The first kappa shape index (κ1) is 23.4. The number of nitrogens with zero attached hydrogens (tertiary/aromatic N) is 2. The number of morpholine rings is 1. The van der Waals surface area contributed by atoms with Crippen molar-refractivity contribution in [1.29, 1.82) is 0 Å². The summed E-state index contributed by atoms with van der Waals surface area (Å²) < 4.78 is 10.8. The minimum atomic E-state index is -0.268. The van der Waals surface area contributed by atoms with Gasteiger partial charge in [-0.3, -0.25) is 14.5 Å². The van der Waals surface area contributed by atoms with Gasteiger partial charge in [0.1, 0.15) is 5.75 Å². The van der Waals surface area contributed by atoms with Crippen LogP contribution in [0.5, 0.6) is 5.75 Å². The fourth-order valence-corrected chi connectivity index (χ4v) is 3.17. The van der Waals surface area contributed by atoms with Gasteiger partial charge in [0.15, 0.2) is 6.61 Å². The van der Waals surface area contributed by atoms with Gasteiger partial charge in [-0.05, 0) is 61.4 Å². The number of carbonyl (C=O) groups excluding carboxylic acids is 2. The average molecular weight is 439 g/mol. The molecule has 3 rings (SSSR count). The van der Waals surface area contributed by atoms with E-state index in [1.165, 1.54) is 0 Å². The van der Waals surface area contributed by atoms with Crippen LogP contribution in [0.15, 0.2) is 53.6 Å². The molecule has 2 amide bonds. The minimum Gasteiger partial charge on any atom is -0.484 e. The molecule has 1 aliphatic rings. The molecule has 1 aliphatic heterocycles. The number of hydrogen-bond acceptors (Lipinski definition) is 6. The Morgan fingerprint density at radius 3 is 2.44 bits per heavy atom. The van der Waals surface area contributed by atoms with E-state index < -0.39 is 0 Å². The van der Waals surface area contributed by atoms with Crippen molar-refractivity contribution in [2.24, 2.45) is 5.10 Å². The molecule has 1 heterocycles. The fraction of sp³-hybridized carbons (Fsp3) is 0.375. The third kappa shape index (κ3) is 7.79. The highest BCUT2D eigenvalue weighted by molar-refractivity contribution is 5.94. The van der Waals surface area contributed by atoms with Gasteiger partial charge in [0.25, 0.3) is 11.8 Å². The predicted molar refractivity (Wildman–Crippen MR) is 123 cm³/mol. The van der Waals surface area contributed by atoms with E-state index in [2.05, 4.69) is 20.7 Å². The van der Waals surface area contributed by atoms with Crippen LogP contribution in [-0.2, 0) is 16.1 Å². The Hall–Kier alpha value is -3.23. The maximum atomic E-state index is 12.3. The maximum absolute atomic E-state index is 12.3. The first-order valence-electron chi connectivity index (χ1n) is 10.7. The second-order valence-electron chi connectivity index (χ2n) is 7.86. The number of rotatable bonds is 9. The van der Waals surface area contributed by atoms with E-state index in [0.29, 0.717) is 11.3 Å². The smallest absolute Gasteiger partial charge is 0.271 e. The average Bonchev–Trinajstić information content (AvgIpc) is 2.79. The van der Waals surface area contributed by atoms with Crippen LogP contribution in [0.2, 0.25) is 0 Å². The van der Waals surface area contributed by atoms with Crippen LogP contribution in [-0.4, -0.2) is 61.9 Å². The number of amides is 2. The van der Waals surface area contributed by atoms with Crippen LogP contribution >= 0.6 is 0 Å². The van der Waals surface area contributed by atoms with Gasteiger partial charge in [0, 0.05) is 31.2 Å².